The van der Waals surface area contributed by atoms with Gasteiger partial charge >= 0.3 is 0 Å². The number of hydrogen-bond acceptors (Lipinski definition) is 2. The third kappa shape index (κ3) is 2.72. The zero-order chi connectivity index (χ0) is 9.68. The Hall–Kier alpha value is -1.62. The molecular weight excluding hydrogens is 162 g/mol. The molecule has 0 heterocycles. The van der Waals surface area contributed by atoms with E-state index in [0.29, 0.717) is 12.0 Å². The molecule has 0 radical (unpaired) electrons. The summed E-state index contributed by atoms with van der Waals surface area (Å²) < 4.78 is 0. The molecule has 1 aromatic carbocycles. The normalized spacial score (nSPS) is 11.7. The highest BCUT2D eigenvalue weighted by atomic mass is 16.1. The number of benzene rings is 1. The second-order valence-electron chi connectivity index (χ2n) is 3.02. The minimum absolute atomic E-state index is 0.0367. The van der Waals surface area contributed by atoms with Gasteiger partial charge in [-0.3, -0.25) is 4.79 Å². The Bertz CT molecular complexity index is 324. The summed E-state index contributed by atoms with van der Waals surface area (Å²) in [5, 5.41) is 8.53. The molecule has 1 rings (SSSR count). The fourth-order valence-electron chi connectivity index (χ4n) is 1.07. The first-order chi connectivity index (χ1) is 6.24. The van der Waals surface area contributed by atoms with Crippen molar-refractivity contribution >= 4 is 5.78 Å². The molecule has 1 atom stereocenters. The Morgan fingerprint density at radius 3 is 2.62 bits per heavy atom. The molecule has 0 bridgehead atoms. The van der Waals surface area contributed by atoms with E-state index in [-0.39, 0.29) is 11.7 Å². The van der Waals surface area contributed by atoms with Gasteiger partial charge in [-0.05, 0) is 6.92 Å². The first-order valence-electron chi connectivity index (χ1n) is 4.22. The van der Waals surface area contributed by atoms with Crippen LogP contribution in [0.3, 0.4) is 0 Å². The molecular formula is C11H11NO. The third-order valence-corrected chi connectivity index (χ3v) is 1.81. The molecule has 0 amide bonds. The lowest BCUT2D eigenvalue weighted by Gasteiger charge is -2.00. The standard InChI is InChI=1S/C11H11NO/c1-9(8-12)7-11(13)10-5-3-2-4-6-10/h2-6,9H,7H2,1H3/t9-/m0/s1. The van der Waals surface area contributed by atoms with E-state index in [0.717, 1.165) is 0 Å². The minimum Gasteiger partial charge on any atom is -0.294 e. The lowest BCUT2D eigenvalue weighted by Crippen LogP contribution is -2.03. The number of Topliss-reactive ketones (excluding diaryl/α,β-unsaturated/α-hetero) is 1. The van der Waals surface area contributed by atoms with Crippen molar-refractivity contribution in [2.75, 3.05) is 0 Å². The summed E-state index contributed by atoms with van der Waals surface area (Å²) in [6, 6.07) is 11.1. The average molecular weight is 173 g/mol. The minimum atomic E-state index is -0.201. The maximum atomic E-state index is 11.5. The van der Waals surface area contributed by atoms with E-state index in [2.05, 4.69) is 0 Å². The van der Waals surface area contributed by atoms with Crippen LogP contribution < -0.4 is 0 Å². The summed E-state index contributed by atoms with van der Waals surface area (Å²) in [6.45, 7) is 1.75. The Morgan fingerprint density at radius 2 is 2.08 bits per heavy atom. The van der Waals surface area contributed by atoms with Crippen LogP contribution in [0.1, 0.15) is 23.7 Å². The predicted molar refractivity (Wildman–Crippen MR) is 50.2 cm³/mol. The molecule has 0 saturated carbocycles. The van der Waals surface area contributed by atoms with Crippen molar-refractivity contribution in [3.8, 4) is 6.07 Å². The van der Waals surface area contributed by atoms with Crippen LogP contribution in [-0.4, -0.2) is 5.78 Å². The zero-order valence-electron chi connectivity index (χ0n) is 7.53. The fraction of sp³-hybridized carbons (Fsp3) is 0.273. The van der Waals surface area contributed by atoms with Crippen LogP contribution in [0.15, 0.2) is 30.3 Å². The smallest absolute Gasteiger partial charge is 0.164 e. The maximum absolute atomic E-state index is 11.5. The van der Waals surface area contributed by atoms with Gasteiger partial charge in [0.1, 0.15) is 0 Å². The monoisotopic (exact) mass is 173 g/mol. The first-order valence-corrected chi connectivity index (χ1v) is 4.22. The highest BCUT2D eigenvalue weighted by molar-refractivity contribution is 5.96. The lowest BCUT2D eigenvalue weighted by atomic mass is 10.0. The fourth-order valence-corrected chi connectivity index (χ4v) is 1.07. The number of rotatable bonds is 3. The summed E-state index contributed by atoms with van der Waals surface area (Å²) in [6.07, 6.45) is 0.306. The van der Waals surface area contributed by atoms with E-state index < -0.39 is 0 Å². The number of nitriles is 1. The molecule has 0 N–H and O–H groups in total. The topological polar surface area (TPSA) is 40.9 Å². The number of carbonyl (C=O) groups excluding carboxylic acids is 1. The highest BCUT2D eigenvalue weighted by Crippen LogP contribution is 2.08. The van der Waals surface area contributed by atoms with Gasteiger partial charge in [-0.25, -0.2) is 0 Å². The molecule has 0 aromatic heterocycles. The predicted octanol–water partition coefficient (Wildman–Crippen LogP) is 2.42. The van der Waals surface area contributed by atoms with Crippen molar-refractivity contribution in [3.63, 3.8) is 0 Å². The van der Waals surface area contributed by atoms with Crippen molar-refractivity contribution in [3.05, 3.63) is 35.9 Å². The van der Waals surface area contributed by atoms with Gasteiger partial charge in [0.25, 0.3) is 0 Å². The second-order valence-corrected chi connectivity index (χ2v) is 3.02. The van der Waals surface area contributed by atoms with Crippen LogP contribution in [0, 0.1) is 17.2 Å². The Morgan fingerprint density at radius 1 is 1.46 bits per heavy atom. The van der Waals surface area contributed by atoms with Crippen molar-refractivity contribution in [1.29, 1.82) is 5.26 Å². The molecule has 0 aliphatic heterocycles. The molecule has 0 unspecified atom stereocenters. The summed E-state index contributed by atoms with van der Waals surface area (Å²) in [7, 11) is 0. The van der Waals surface area contributed by atoms with Crippen LogP contribution in [0.2, 0.25) is 0 Å². The van der Waals surface area contributed by atoms with Gasteiger partial charge in [0.15, 0.2) is 5.78 Å². The molecule has 13 heavy (non-hydrogen) atoms. The quantitative estimate of drug-likeness (QED) is 0.658. The molecule has 66 valence electrons. The third-order valence-electron chi connectivity index (χ3n) is 1.81. The van der Waals surface area contributed by atoms with Gasteiger partial charge in [-0.15, -0.1) is 0 Å². The molecule has 0 saturated heterocycles. The largest absolute Gasteiger partial charge is 0.294 e. The second kappa shape index (κ2) is 4.42. The Balaban J connectivity index is 2.66. The van der Waals surface area contributed by atoms with E-state index in [1.807, 2.05) is 24.3 Å². The van der Waals surface area contributed by atoms with Gasteiger partial charge in [0.2, 0.25) is 0 Å². The van der Waals surface area contributed by atoms with E-state index in [1.54, 1.807) is 19.1 Å². The molecule has 2 heteroatoms. The van der Waals surface area contributed by atoms with E-state index in [1.165, 1.54) is 0 Å². The SMILES string of the molecule is C[C@H](C#N)CC(=O)c1ccccc1. The molecule has 0 spiro atoms. The van der Waals surface area contributed by atoms with Crippen LogP contribution >= 0.6 is 0 Å². The average Bonchev–Trinajstić information content (AvgIpc) is 2.19. The summed E-state index contributed by atoms with van der Waals surface area (Å²) in [4.78, 5) is 11.5. The first kappa shape index (κ1) is 9.47. The number of nitrogens with zero attached hydrogens (tertiary/aromatic N) is 1. The van der Waals surface area contributed by atoms with Gasteiger partial charge in [-0.2, -0.15) is 5.26 Å². The molecule has 0 fully saturated rings. The van der Waals surface area contributed by atoms with Crippen molar-refractivity contribution in [2.45, 2.75) is 13.3 Å². The number of ketones is 1. The van der Waals surface area contributed by atoms with Crippen LogP contribution in [0.5, 0.6) is 0 Å². The number of carbonyl (C=O) groups is 1. The zero-order valence-corrected chi connectivity index (χ0v) is 7.53. The van der Waals surface area contributed by atoms with Gasteiger partial charge in [0.05, 0.1) is 12.0 Å². The van der Waals surface area contributed by atoms with Crippen LogP contribution in [0.4, 0.5) is 0 Å². The Kier molecular flexibility index (Phi) is 3.22. The maximum Gasteiger partial charge on any atom is 0.164 e. The lowest BCUT2D eigenvalue weighted by molar-refractivity contribution is 0.0973. The van der Waals surface area contributed by atoms with E-state index >= 15 is 0 Å². The highest BCUT2D eigenvalue weighted by Gasteiger charge is 2.09. The van der Waals surface area contributed by atoms with E-state index in [4.69, 9.17) is 5.26 Å². The van der Waals surface area contributed by atoms with Gasteiger partial charge in [0, 0.05) is 12.0 Å². The van der Waals surface area contributed by atoms with Gasteiger partial charge < -0.3 is 0 Å². The molecule has 0 aliphatic carbocycles. The molecule has 0 aliphatic rings. The summed E-state index contributed by atoms with van der Waals surface area (Å²) >= 11 is 0. The van der Waals surface area contributed by atoms with Crippen LogP contribution in [-0.2, 0) is 0 Å². The van der Waals surface area contributed by atoms with Gasteiger partial charge in [-0.1, -0.05) is 30.3 Å². The Labute approximate surface area is 77.8 Å². The summed E-state index contributed by atoms with van der Waals surface area (Å²) in [5.74, 6) is -0.164. The van der Waals surface area contributed by atoms with Crippen LogP contribution in [0.25, 0.3) is 0 Å². The summed E-state index contributed by atoms with van der Waals surface area (Å²) in [5.41, 5.74) is 0.685. The molecule has 2 nitrogen and oxygen atoms in total. The van der Waals surface area contributed by atoms with Crippen molar-refractivity contribution in [2.24, 2.45) is 5.92 Å². The van der Waals surface area contributed by atoms with Crippen molar-refractivity contribution < 1.29 is 4.79 Å². The van der Waals surface area contributed by atoms with E-state index in [9.17, 15) is 4.79 Å². The molecule has 1 aromatic rings. The van der Waals surface area contributed by atoms with Crippen molar-refractivity contribution in [1.82, 2.24) is 0 Å². The number of hydrogen-bond donors (Lipinski definition) is 0.